The van der Waals surface area contributed by atoms with Crippen LogP contribution in [0.5, 0.6) is 0 Å². The fraction of sp³-hybridized carbons (Fsp3) is 0.0667. The van der Waals surface area contributed by atoms with E-state index < -0.39 is 9.85 Å². The summed E-state index contributed by atoms with van der Waals surface area (Å²) in [4.78, 5) is 34.0. The van der Waals surface area contributed by atoms with Gasteiger partial charge in [-0.1, -0.05) is 12.1 Å². The lowest BCUT2D eigenvalue weighted by Gasteiger charge is -2.08. The number of nitro groups is 2. The first-order valence-electron chi connectivity index (χ1n) is 7.79. The Hall–Kier alpha value is -4.00. The van der Waals surface area contributed by atoms with E-state index in [9.17, 15) is 20.2 Å². The number of nitrogens with one attached hydrogen (secondary N) is 1. The molecule has 1 aromatic carbocycles. The van der Waals surface area contributed by atoms with Gasteiger partial charge in [-0.3, -0.25) is 20.2 Å². The van der Waals surface area contributed by atoms with Crippen molar-refractivity contribution in [3.8, 4) is 5.95 Å². The molecule has 0 bridgehead atoms. The highest BCUT2D eigenvalue weighted by molar-refractivity contribution is 7.21. The Labute approximate surface area is 159 Å². The summed E-state index contributed by atoms with van der Waals surface area (Å²) in [6, 6.07) is 7.55. The first kappa shape index (κ1) is 17.4. The number of benzene rings is 1. The Balaban J connectivity index is 1.73. The van der Waals surface area contributed by atoms with Gasteiger partial charge < -0.3 is 5.32 Å². The van der Waals surface area contributed by atoms with Gasteiger partial charge in [0, 0.05) is 24.7 Å². The predicted molar refractivity (Wildman–Crippen MR) is 99.4 cm³/mol. The molecule has 0 spiro atoms. The number of non-ortho nitro benzene ring substituents is 1. The molecular formula is C15H10N8O4S. The van der Waals surface area contributed by atoms with E-state index in [1.807, 2.05) is 0 Å². The molecule has 140 valence electrons. The normalized spacial score (nSPS) is 10.9. The lowest BCUT2D eigenvalue weighted by atomic mass is 10.2. The molecule has 13 heteroatoms. The summed E-state index contributed by atoms with van der Waals surface area (Å²) >= 11 is 0.918. The number of hydrogen-bond donors (Lipinski definition) is 1. The van der Waals surface area contributed by atoms with E-state index in [4.69, 9.17) is 0 Å². The largest absolute Gasteiger partial charge is 0.365 e. The number of hydrogen-bond acceptors (Lipinski definition) is 10. The van der Waals surface area contributed by atoms with Crippen molar-refractivity contribution in [3.63, 3.8) is 0 Å². The van der Waals surface area contributed by atoms with E-state index in [0.29, 0.717) is 21.6 Å². The van der Waals surface area contributed by atoms with Crippen LogP contribution in [-0.4, -0.2) is 34.6 Å². The van der Waals surface area contributed by atoms with Crippen LogP contribution in [0.2, 0.25) is 0 Å². The highest BCUT2D eigenvalue weighted by atomic mass is 32.1. The number of nitrogens with zero attached hydrogens (tertiary/aromatic N) is 7. The summed E-state index contributed by atoms with van der Waals surface area (Å²) < 4.78 is 1.34. The quantitative estimate of drug-likeness (QED) is 0.381. The van der Waals surface area contributed by atoms with Crippen molar-refractivity contribution in [1.29, 1.82) is 0 Å². The first-order chi connectivity index (χ1) is 13.5. The van der Waals surface area contributed by atoms with Gasteiger partial charge in [0.25, 0.3) is 11.6 Å². The van der Waals surface area contributed by atoms with Crippen LogP contribution in [0.3, 0.4) is 0 Å². The van der Waals surface area contributed by atoms with Gasteiger partial charge in [-0.25, -0.2) is 4.98 Å². The maximum absolute atomic E-state index is 11.1. The first-order valence-corrected chi connectivity index (χ1v) is 8.61. The number of rotatable bonds is 6. The average Bonchev–Trinajstić information content (AvgIpc) is 3.35. The molecule has 3 aromatic heterocycles. The van der Waals surface area contributed by atoms with Gasteiger partial charge in [0.15, 0.2) is 0 Å². The zero-order chi connectivity index (χ0) is 19.7. The van der Waals surface area contributed by atoms with Crippen molar-refractivity contribution in [3.05, 3.63) is 68.8 Å². The molecule has 0 atom stereocenters. The fourth-order valence-corrected chi connectivity index (χ4v) is 3.34. The van der Waals surface area contributed by atoms with E-state index in [1.54, 1.807) is 12.1 Å². The predicted octanol–water partition coefficient (Wildman–Crippen LogP) is 2.70. The molecule has 4 aromatic rings. The van der Waals surface area contributed by atoms with Crippen molar-refractivity contribution in [1.82, 2.24) is 24.7 Å². The van der Waals surface area contributed by atoms with Crippen LogP contribution in [0, 0.1) is 20.2 Å². The summed E-state index contributed by atoms with van der Waals surface area (Å²) in [5.74, 6) is 0.551. The summed E-state index contributed by atoms with van der Waals surface area (Å²) in [5.41, 5.74) is 0.634. The minimum atomic E-state index is -0.494. The van der Waals surface area contributed by atoms with Gasteiger partial charge in [-0.2, -0.15) is 19.7 Å². The van der Waals surface area contributed by atoms with E-state index >= 15 is 0 Å². The van der Waals surface area contributed by atoms with Crippen LogP contribution < -0.4 is 5.32 Å². The minimum absolute atomic E-state index is 0.0263. The Morgan fingerprint density at radius 1 is 1.14 bits per heavy atom. The van der Waals surface area contributed by atoms with Crippen LogP contribution in [0.1, 0.15) is 5.56 Å². The minimum Gasteiger partial charge on any atom is -0.365 e. The molecule has 0 saturated carbocycles. The third-order valence-corrected chi connectivity index (χ3v) is 4.73. The molecule has 12 nitrogen and oxygen atoms in total. The SMILES string of the molecule is O=[N+]([O-])c1cccc(CNc2nc(-n3cncn3)nc3sc([N+](=O)[O-])cc23)c1. The maximum atomic E-state index is 11.1. The smallest absolute Gasteiger partial charge is 0.326 e. The molecule has 4 rings (SSSR count). The molecule has 0 amide bonds. The zero-order valence-corrected chi connectivity index (χ0v) is 14.7. The third-order valence-electron chi connectivity index (χ3n) is 3.75. The van der Waals surface area contributed by atoms with Gasteiger partial charge in [0.1, 0.15) is 23.3 Å². The lowest BCUT2D eigenvalue weighted by molar-refractivity contribution is -0.384. The number of thiophene rings is 1. The molecule has 3 heterocycles. The van der Waals surface area contributed by atoms with Crippen LogP contribution in [0.4, 0.5) is 16.5 Å². The van der Waals surface area contributed by atoms with Gasteiger partial charge in [0.2, 0.25) is 0 Å². The summed E-state index contributed by atoms with van der Waals surface area (Å²) in [5, 5.41) is 29.5. The van der Waals surface area contributed by atoms with Crippen molar-refractivity contribution < 1.29 is 9.85 Å². The fourth-order valence-electron chi connectivity index (χ4n) is 2.50. The second kappa shape index (κ2) is 6.96. The van der Waals surface area contributed by atoms with Gasteiger partial charge in [-0.15, -0.1) is 0 Å². The van der Waals surface area contributed by atoms with Gasteiger partial charge in [-0.05, 0) is 16.9 Å². The molecule has 0 fully saturated rings. The molecule has 28 heavy (non-hydrogen) atoms. The topological polar surface area (TPSA) is 155 Å². The number of aromatic nitrogens is 5. The summed E-state index contributed by atoms with van der Waals surface area (Å²) in [6.07, 6.45) is 2.73. The molecule has 0 saturated heterocycles. The van der Waals surface area contributed by atoms with Crippen LogP contribution in [0.15, 0.2) is 43.0 Å². The number of fused-ring (bicyclic) bond motifs is 1. The van der Waals surface area contributed by atoms with Crippen LogP contribution in [0.25, 0.3) is 16.2 Å². The van der Waals surface area contributed by atoms with Gasteiger partial charge >= 0.3 is 5.00 Å². The summed E-state index contributed by atoms with van der Waals surface area (Å²) in [7, 11) is 0. The molecule has 1 N–H and O–H groups in total. The van der Waals surface area contributed by atoms with E-state index in [1.165, 1.54) is 35.5 Å². The maximum Gasteiger partial charge on any atom is 0.326 e. The second-order valence-electron chi connectivity index (χ2n) is 5.55. The highest BCUT2D eigenvalue weighted by Gasteiger charge is 2.18. The van der Waals surface area contributed by atoms with E-state index in [2.05, 4.69) is 25.4 Å². The molecule has 0 aliphatic carbocycles. The number of anilines is 1. The Bertz CT molecular complexity index is 1190. The van der Waals surface area contributed by atoms with Crippen molar-refractivity contribution in [2.75, 3.05) is 5.32 Å². The average molecular weight is 398 g/mol. The van der Waals surface area contributed by atoms with Gasteiger partial charge in [0.05, 0.1) is 15.2 Å². The molecule has 0 unspecified atom stereocenters. The Kier molecular flexibility index (Phi) is 4.33. The van der Waals surface area contributed by atoms with Crippen molar-refractivity contribution in [2.45, 2.75) is 6.54 Å². The number of nitro benzene ring substituents is 1. The molecule has 0 aliphatic rings. The molecule has 0 aliphatic heterocycles. The third kappa shape index (κ3) is 3.33. The Morgan fingerprint density at radius 3 is 2.71 bits per heavy atom. The van der Waals surface area contributed by atoms with E-state index in [0.717, 1.165) is 11.3 Å². The van der Waals surface area contributed by atoms with Crippen LogP contribution in [-0.2, 0) is 6.54 Å². The monoisotopic (exact) mass is 398 g/mol. The zero-order valence-electron chi connectivity index (χ0n) is 13.9. The highest BCUT2D eigenvalue weighted by Crippen LogP contribution is 2.34. The van der Waals surface area contributed by atoms with Crippen molar-refractivity contribution in [2.24, 2.45) is 0 Å². The second-order valence-corrected chi connectivity index (χ2v) is 6.56. The van der Waals surface area contributed by atoms with E-state index in [-0.39, 0.29) is 23.2 Å². The molecular weight excluding hydrogens is 388 g/mol. The van der Waals surface area contributed by atoms with Crippen molar-refractivity contribution >= 4 is 38.1 Å². The standard InChI is InChI=1S/C15H10N8O4S/c24-22(25)10-3-1-2-9(4-10)6-17-13-11-5-12(23(26)27)28-14(11)20-15(19-13)21-8-16-7-18-21/h1-5,7-8H,6H2,(H,17,19,20). The summed E-state index contributed by atoms with van der Waals surface area (Å²) in [6.45, 7) is 0.230. The Morgan fingerprint density at radius 2 is 2.00 bits per heavy atom. The molecule has 0 radical (unpaired) electrons. The van der Waals surface area contributed by atoms with Crippen LogP contribution >= 0.6 is 11.3 Å². The lowest BCUT2D eigenvalue weighted by Crippen LogP contribution is -2.07.